The minimum atomic E-state index is -1.13. The normalized spacial score (nSPS) is 10.1. The van der Waals surface area contributed by atoms with Gasteiger partial charge in [-0.05, 0) is 32.0 Å². The van der Waals surface area contributed by atoms with Gasteiger partial charge in [0.25, 0.3) is 0 Å². The highest BCUT2D eigenvalue weighted by molar-refractivity contribution is 6.04. The molecule has 20 heavy (non-hydrogen) atoms. The van der Waals surface area contributed by atoms with Gasteiger partial charge in [-0.3, -0.25) is 4.98 Å². The second-order valence-corrected chi connectivity index (χ2v) is 4.26. The predicted molar refractivity (Wildman–Crippen MR) is 74.1 cm³/mol. The molecule has 2 amide bonds. The minimum absolute atomic E-state index is 0.0550. The Labute approximate surface area is 115 Å². The molecule has 2 rings (SSSR count). The van der Waals surface area contributed by atoms with Gasteiger partial charge in [0.05, 0.1) is 17.1 Å². The third-order valence-corrected chi connectivity index (χ3v) is 2.67. The first-order valence-electron chi connectivity index (χ1n) is 5.90. The third kappa shape index (κ3) is 2.94. The van der Waals surface area contributed by atoms with Crippen LogP contribution in [0.3, 0.4) is 0 Å². The fourth-order valence-electron chi connectivity index (χ4n) is 1.75. The van der Waals surface area contributed by atoms with Crippen molar-refractivity contribution in [2.24, 2.45) is 0 Å². The number of aromatic amines is 1. The third-order valence-electron chi connectivity index (χ3n) is 2.67. The second kappa shape index (κ2) is 5.43. The van der Waals surface area contributed by atoms with Crippen LogP contribution < -0.4 is 10.6 Å². The molecule has 0 aliphatic rings. The van der Waals surface area contributed by atoms with Crippen molar-refractivity contribution in [3.8, 4) is 0 Å². The zero-order valence-corrected chi connectivity index (χ0v) is 11.0. The van der Waals surface area contributed by atoms with Crippen LogP contribution in [0.25, 0.3) is 0 Å². The van der Waals surface area contributed by atoms with E-state index in [1.54, 1.807) is 38.2 Å². The van der Waals surface area contributed by atoms with E-state index in [4.69, 9.17) is 5.11 Å². The van der Waals surface area contributed by atoms with Crippen LogP contribution in [0.15, 0.2) is 24.4 Å². The smallest absolute Gasteiger partial charge is 0.354 e. The Hall–Kier alpha value is -2.83. The maximum atomic E-state index is 11.9. The lowest BCUT2D eigenvalue weighted by atomic mass is 10.3. The molecule has 2 aromatic rings. The van der Waals surface area contributed by atoms with Gasteiger partial charge in [0.1, 0.15) is 5.69 Å². The maximum absolute atomic E-state index is 11.9. The van der Waals surface area contributed by atoms with E-state index < -0.39 is 12.0 Å². The molecule has 7 heteroatoms. The Morgan fingerprint density at radius 1 is 1.25 bits per heavy atom. The molecule has 0 aromatic carbocycles. The summed E-state index contributed by atoms with van der Waals surface area (Å²) in [4.78, 5) is 29.6. The number of pyridine rings is 1. The lowest BCUT2D eigenvalue weighted by Gasteiger charge is -2.08. The summed E-state index contributed by atoms with van der Waals surface area (Å²) in [6.07, 6.45) is 1.62. The van der Waals surface area contributed by atoms with E-state index in [1.165, 1.54) is 0 Å². The summed E-state index contributed by atoms with van der Waals surface area (Å²) in [6.45, 7) is 3.47. The van der Waals surface area contributed by atoms with Crippen molar-refractivity contribution in [3.05, 3.63) is 41.5 Å². The van der Waals surface area contributed by atoms with Crippen molar-refractivity contribution < 1.29 is 14.7 Å². The molecular formula is C13H14N4O3. The lowest BCUT2D eigenvalue weighted by molar-refractivity contribution is 0.0692. The molecule has 4 N–H and O–H groups in total. The van der Waals surface area contributed by atoms with Crippen molar-refractivity contribution in [2.45, 2.75) is 13.8 Å². The van der Waals surface area contributed by atoms with Crippen LogP contribution in [-0.2, 0) is 0 Å². The number of carboxylic acids is 1. The average Bonchev–Trinajstić information content (AvgIpc) is 2.73. The number of carbonyl (C=O) groups is 2. The van der Waals surface area contributed by atoms with E-state index in [0.29, 0.717) is 17.1 Å². The SMILES string of the molecule is Cc1cc(NC(=O)Nc2cccnc2C)c(C(=O)O)[nH]1. The van der Waals surface area contributed by atoms with Crippen molar-refractivity contribution >= 4 is 23.4 Å². The summed E-state index contributed by atoms with van der Waals surface area (Å²) in [5.74, 6) is -1.13. The van der Waals surface area contributed by atoms with Crippen LogP contribution in [-0.4, -0.2) is 27.1 Å². The molecule has 0 radical (unpaired) electrons. The van der Waals surface area contributed by atoms with Gasteiger partial charge in [-0.2, -0.15) is 0 Å². The topological polar surface area (TPSA) is 107 Å². The lowest BCUT2D eigenvalue weighted by Crippen LogP contribution is -2.21. The summed E-state index contributed by atoms with van der Waals surface area (Å²) < 4.78 is 0. The van der Waals surface area contributed by atoms with Crippen LogP contribution in [0.2, 0.25) is 0 Å². The van der Waals surface area contributed by atoms with Gasteiger partial charge in [-0.1, -0.05) is 0 Å². The summed E-state index contributed by atoms with van der Waals surface area (Å²) in [5.41, 5.74) is 2.05. The number of hydrogen-bond donors (Lipinski definition) is 4. The monoisotopic (exact) mass is 274 g/mol. The van der Waals surface area contributed by atoms with Crippen LogP contribution in [0.1, 0.15) is 21.9 Å². The van der Waals surface area contributed by atoms with E-state index in [2.05, 4.69) is 20.6 Å². The quantitative estimate of drug-likeness (QED) is 0.689. The summed E-state index contributed by atoms with van der Waals surface area (Å²) in [6, 6.07) is 4.44. The van der Waals surface area contributed by atoms with Crippen molar-refractivity contribution in [1.29, 1.82) is 0 Å². The van der Waals surface area contributed by atoms with Crippen LogP contribution in [0.4, 0.5) is 16.2 Å². The Morgan fingerprint density at radius 3 is 2.60 bits per heavy atom. The van der Waals surface area contributed by atoms with E-state index in [9.17, 15) is 9.59 Å². The number of nitrogens with one attached hydrogen (secondary N) is 3. The van der Waals surface area contributed by atoms with Gasteiger partial charge in [-0.15, -0.1) is 0 Å². The van der Waals surface area contributed by atoms with Gasteiger partial charge in [-0.25, -0.2) is 9.59 Å². The summed E-state index contributed by atoms with van der Waals surface area (Å²) in [7, 11) is 0. The van der Waals surface area contributed by atoms with Crippen LogP contribution >= 0.6 is 0 Å². The molecule has 0 aliphatic carbocycles. The van der Waals surface area contributed by atoms with Gasteiger partial charge in [0.15, 0.2) is 0 Å². The highest BCUT2D eigenvalue weighted by Crippen LogP contribution is 2.18. The molecule has 2 aromatic heterocycles. The van der Waals surface area contributed by atoms with Crippen LogP contribution in [0, 0.1) is 13.8 Å². The Morgan fingerprint density at radius 2 is 1.95 bits per heavy atom. The number of anilines is 2. The van der Waals surface area contributed by atoms with Crippen molar-refractivity contribution in [1.82, 2.24) is 9.97 Å². The molecule has 7 nitrogen and oxygen atoms in total. The number of hydrogen-bond acceptors (Lipinski definition) is 3. The number of urea groups is 1. The number of H-pyrrole nitrogens is 1. The zero-order chi connectivity index (χ0) is 14.7. The standard InChI is InChI=1S/C13H14N4O3/c1-7-6-10(11(15-7)12(18)19)17-13(20)16-9-4-3-5-14-8(9)2/h3-6,15H,1-2H3,(H,18,19)(H2,16,17,20). The number of aryl methyl sites for hydroxylation is 2. The summed E-state index contributed by atoms with van der Waals surface area (Å²) in [5, 5.41) is 14.1. The average molecular weight is 274 g/mol. The first-order valence-corrected chi connectivity index (χ1v) is 5.90. The zero-order valence-electron chi connectivity index (χ0n) is 11.0. The van der Waals surface area contributed by atoms with E-state index >= 15 is 0 Å². The molecule has 0 saturated carbocycles. The summed E-state index contributed by atoms with van der Waals surface area (Å²) >= 11 is 0. The van der Waals surface area contributed by atoms with Crippen LogP contribution in [0.5, 0.6) is 0 Å². The number of carboxylic acid groups (broad SMARTS) is 1. The van der Waals surface area contributed by atoms with Gasteiger partial charge in [0, 0.05) is 11.9 Å². The highest BCUT2D eigenvalue weighted by atomic mass is 16.4. The molecule has 104 valence electrons. The largest absolute Gasteiger partial charge is 0.477 e. The number of aromatic nitrogens is 2. The number of carbonyl (C=O) groups excluding carboxylic acids is 1. The number of amides is 2. The Bertz CT molecular complexity index is 663. The first-order chi connectivity index (χ1) is 9.47. The molecule has 2 heterocycles. The molecule has 0 atom stereocenters. The van der Waals surface area contributed by atoms with Crippen molar-refractivity contribution in [2.75, 3.05) is 10.6 Å². The first kappa shape index (κ1) is 13.6. The second-order valence-electron chi connectivity index (χ2n) is 4.26. The fourth-order valence-corrected chi connectivity index (χ4v) is 1.75. The molecular weight excluding hydrogens is 260 g/mol. The molecule has 0 spiro atoms. The number of nitrogens with zero attached hydrogens (tertiary/aromatic N) is 1. The Balaban J connectivity index is 2.13. The molecule has 0 unspecified atom stereocenters. The van der Waals surface area contributed by atoms with Gasteiger partial charge in [0.2, 0.25) is 0 Å². The van der Waals surface area contributed by atoms with E-state index in [-0.39, 0.29) is 11.4 Å². The van der Waals surface area contributed by atoms with Crippen molar-refractivity contribution in [3.63, 3.8) is 0 Å². The predicted octanol–water partition coefficient (Wildman–Crippen LogP) is 2.37. The molecule has 0 saturated heterocycles. The molecule has 0 fully saturated rings. The Kier molecular flexibility index (Phi) is 3.69. The van der Waals surface area contributed by atoms with E-state index in [1.807, 2.05) is 0 Å². The van der Waals surface area contributed by atoms with E-state index in [0.717, 1.165) is 0 Å². The number of aromatic carboxylic acids is 1. The number of rotatable bonds is 3. The maximum Gasteiger partial charge on any atom is 0.354 e. The fraction of sp³-hybridized carbons (Fsp3) is 0.154. The van der Waals surface area contributed by atoms with Gasteiger partial charge >= 0.3 is 12.0 Å². The minimum Gasteiger partial charge on any atom is -0.477 e. The molecule has 0 aliphatic heterocycles. The highest BCUT2D eigenvalue weighted by Gasteiger charge is 2.15. The molecule has 0 bridgehead atoms. The van der Waals surface area contributed by atoms with Gasteiger partial charge < -0.3 is 20.7 Å².